The van der Waals surface area contributed by atoms with Gasteiger partial charge in [-0.25, -0.2) is 0 Å². The molecule has 1 aromatic heterocycles. The van der Waals surface area contributed by atoms with Gasteiger partial charge in [-0.2, -0.15) is 0 Å². The van der Waals surface area contributed by atoms with Crippen LogP contribution >= 0.6 is 0 Å². The van der Waals surface area contributed by atoms with Gasteiger partial charge in [0.25, 0.3) is 5.91 Å². The molecule has 1 aliphatic rings. The second-order valence-electron chi connectivity index (χ2n) is 3.80. The Hall–Kier alpha value is -1.45. The number of carbonyl (C=O) groups excluding carboxylic acids is 1. The van der Waals surface area contributed by atoms with E-state index in [1.165, 1.54) is 19.1 Å². The van der Waals surface area contributed by atoms with Gasteiger partial charge >= 0.3 is 0 Å². The Labute approximate surface area is 82.5 Å². The molecule has 1 atom stereocenters. The smallest absolute Gasteiger partial charge is 0.289 e. The maximum Gasteiger partial charge on any atom is 0.289 e. The van der Waals surface area contributed by atoms with E-state index >= 15 is 0 Å². The monoisotopic (exact) mass is 194 g/mol. The van der Waals surface area contributed by atoms with Crippen LogP contribution in [0.3, 0.4) is 0 Å². The predicted molar refractivity (Wildman–Crippen MR) is 52.8 cm³/mol. The van der Waals surface area contributed by atoms with Gasteiger partial charge in [-0.15, -0.1) is 0 Å². The summed E-state index contributed by atoms with van der Waals surface area (Å²) >= 11 is 0. The predicted octanol–water partition coefficient (Wildman–Crippen LogP) is 1.39. The quantitative estimate of drug-likeness (QED) is 0.764. The van der Waals surface area contributed by atoms with Gasteiger partial charge in [-0.3, -0.25) is 4.79 Å². The largest absolute Gasteiger partial charge is 0.457 e. The first-order valence-electron chi connectivity index (χ1n) is 4.82. The third-order valence-corrected chi connectivity index (χ3v) is 2.59. The summed E-state index contributed by atoms with van der Waals surface area (Å²) in [5, 5.41) is 2.87. The SMILES string of the molecule is CC(NC(=O)c1occc1N)C1CC1. The molecule has 4 heteroatoms. The lowest BCUT2D eigenvalue weighted by Gasteiger charge is -2.11. The second kappa shape index (κ2) is 3.36. The number of hydrogen-bond acceptors (Lipinski definition) is 3. The number of amides is 1. The van der Waals surface area contributed by atoms with Crippen LogP contribution in [0.4, 0.5) is 5.69 Å². The molecule has 3 N–H and O–H groups in total. The van der Waals surface area contributed by atoms with E-state index in [4.69, 9.17) is 10.2 Å². The first kappa shape index (κ1) is 9.12. The fourth-order valence-corrected chi connectivity index (χ4v) is 1.49. The van der Waals surface area contributed by atoms with Crippen molar-refractivity contribution in [3.63, 3.8) is 0 Å². The van der Waals surface area contributed by atoms with Gasteiger partial charge in [0.05, 0.1) is 12.0 Å². The molecule has 0 aromatic carbocycles. The van der Waals surface area contributed by atoms with Crippen molar-refractivity contribution in [3.05, 3.63) is 18.1 Å². The lowest BCUT2D eigenvalue weighted by Crippen LogP contribution is -2.34. The summed E-state index contributed by atoms with van der Waals surface area (Å²) in [4.78, 5) is 11.6. The van der Waals surface area contributed by atoms with Crippen molar-refractivity contribution >= 4 is 11.6 Å². The highest BCUT2D eigenvalue weighted by Crippen LogP contribution is 2.32. The molecule has 4 nitrogen and oxygen atoms in total. The average Bonchev–Trinajstić information content (AvgIpc) is 2.89. The van der Waals surface area contributed by atoms with Crippen molar-refractivity contribution < 1.29 is 9.21 Å². The average molecular weight is 194 g/mol. The topological polar surface area (TPSA) is 68.3 Å². The molecule has 14 heavy (non-hydrogen) atoms. The fourth-order valence-electron chi connectivity index (χ4n) is 1.49. The van der Waals surface area contributed by atoms with Gasteiger partial charge < -0.3 is 15.5 Å². The Morgan fingerprint density at radius 1 is 1.71 bits per heavy atom. The van der Waals surface area contributed by atoms with E-state index in [9.17, 15) is 4.79 Å². The summed E-state index contributed by atoms with van der Waals surface area (Å²) in [6.07, 6.45) is 3.83. The molecule has 0 aliphatic heterocycles. The molecule has 1 fully saturated rings. The van der Waals surface area contributed by atoms with Gasteiger partial charge in [-0.05, 0) is 25.7 Å². The van der Waals surface area contributed by atoms with E-state index in [0.717, 1.165) is 0 Å². The number of nitrogens with two attached hydrogens (primary N) is 1. The second-order valence-corrected chi connectivity index (χ2v) is 3.80. The summed E-state index contributed by atoms with van der Waals surface area (Å²) in [5.74, 6) is 0.638. The van der Waals surface area contributed by atoms with E-state index in [2.05, 4.69) is 5.32 Å². The molecule has 0 saturated heterocycles. The number of nitrogen functional groups attached to an aromatic ring is 1. The van der Waals surface area contributed by atoms with E-state index < -0.39 is 0 Å². The molecular weight excluding hydrogens is 180 g/mol. The van der Waals surface area contributed by atoms with Crippen LogP contribution in [0, 0.1) is 5.92 Å². The number of hydrogen-bond donors (Lipinski definition) is 2. The Balaban J connectivity index is 1.98. The Morgan fingerprint density at radius 2 is 2.43 bits per heavy atom. The molecular formula is C10H14N2O2. The molecule has 2 rings (SSSR count). The Kier molecular flexibility index (Phi) is 2.19. The molecule has 76 valence electrons. The summed E-state index contributed by atoms with van der Waals surface area (Å²) in [6.45, 7) is 2.01. The van der Waals surface area contributed by atoms with Crippen molar-refractivity contribution in [1.29, 1.82) is 0 Å². The van der Waals surface area contributed by atoms with Crippen molar-refractivity contribution in [2.24, 2.45) is 5.92 Å². The van der Waals surface area contributed by atoms with Gasteiger partial charge in [-0.1, -0.05) is 0 Å². The number of nitrogens with one attached hydrogen (secondary N) is 1. The van der Waals surface area contributed by atoms with Crippen LogP contribution in [-0.2, 0) is 0 Å². The standard InChI is InChI=1S/C10H14N2O2/c1-6(7-2-3-7)12-10(13)9-8(11)4-5-14-9/h4-7H,2-3,11H2,1H3,(H,12,13). The van der Waals surface area contributed by atoms with Crippen molar-refractivity contribution in [2.45, 2.75) is 25.8 Å². The minimum atomic E-state index is -0.216. The van der Waals surface area contributed by atoms with Crippen LogP contribution in [0.25, 0.3) is 0 Å². The minimum Gasteiger partial charge on any atom is -0.457 e. The zero-order chi connectivity index (χ0) is 10.1. The molecule has 1 heterocycles. The van der Waals surface area contributed by atoms with E-state index in [1.54, 1.807) is 6.07 Å². The van der Waals surface area contributed by atoms with Crippen LogP contribution in [0.15, 0.2) is 16.7 Å². The molecule has 1 amide bonds. The van der Waals surface area contributed by atoms with E-state index in [1.807, 2.05) is 6.92 Å². The third kappa shape index (κ3) is 1.73. The van der Waals surface area contributed by atoms with Gasteiger partial charge in [0.2, 0.25) is 5.76 Å². The number of rotatable bonds is 3. The zero-order valence-corrected chi connectivity index (χ0v) is 8.12. The number of anilines is 1. The maximum absolute atomic E-state index is 11.6. The van der Waals surface area contributed by atoms with Crippen LogP contribution in [-0.4, -0.2) is 11.9 Å². The molecule has 1 aliphatic carbocycles. The highest BCUT2D eigenvalue weighted by Gasteiger charge is 2.29. The lowest BCUT2D eigenvalue weighted by atomic mass is 10.2. The van der Waals surface area contributed by atoms with E-state index in [-0.39, 0.29) is 17.7 Å². The molecule has 1 unspecified atom stereocenters. The molecule has 0 spiro atoms. The van der Waals surface area contributed by atoms with E-state index in [0.29, 0.717) is 11.6 Å². The van der Waals surface area contributed by atoms with Crippen molar-refractivity contribution in [1.82, 2.24) is 5.32 Å². The van der Waals surface area contributed by atoms with Crippen LogP contribution in [0.2, 0.25) is 0 Å². The summed E-state index contributed by atoms with van der Waals surface area (Å²) in [7, 11) is 0. The maximum atomic E-state index is 11.6. The van der Waals surface area contributed by atoms with Crippen LogP contribution in [0.5, 0.6) is 0 Å². The molecule has 1 aromatic rings. The first-order valence-corrected chi connectivity index (χ1v) is 4.82. The zero-order valence-electron chi connectivity index (χ0n) is 8.12. The third-order valence-electron chi connectivity index (χ3n) is 2.59. The highest BCUT2D eigenvalue weighted by atomic mass is 16.3. The summed E-state index contributed by atoms with van der Waals surface area (Å²) < 4.78 is 4.99. The van der Waals surface area contributed by atoms with Crippen LogP contribution in [0.1, 0.15) is 30.3 Å². The fraction of sp³-hybridized carbons (Fsp3) is 0.500. The van der Waals surface area contributed by atoms with Gasteiger partial charge in [0, 0.05) is 12.1 Å². The molecule has 0 radical (unpaired) electrons. The molecule has 1 saturated carbocycles. The normalized spacial score (nSPS) is 17.8. The summed E-state index contributed by atoms with van der Waals surface area (Å²) in [6, 6.07) is 1.79. The summed E-state index contributed by atoms with van der Waals surface area (Å²) in [5.41, 5.74) is 5.95. The highest BCUT2D eigenvalue weighted by molar-refractivity contribution is 5.96. The van der Waals surface area contributed by atoms with Crippen LogP contribution < -0.4 is 11.1 Å². The lowest BCUT2D eigenvalue weighted by molar-refractivity contribution is 0.0909. The Bertz CT molecular complexity index is 342. The minimum absolute atomic E-state index is 0.215. The molecule has 0 bridgehead atoms. The number of furan rings is 1. The number of carbonyl (C=O) groups is 1. The Morgan fingerprint density at radius 3 is 2.93 bits per heavy atom. The van der Waals surface area contributed by atoms with Crippen molar-refractivity contribution in [3.8, 4) is 0 Å². The first-order chi connectivity index (χ1) is 6.68. The van der Waals surface area contributed by atoms with Gasteiger partial charge in [0.1, 0.15) is 0 Å². The van der Waals surface area contributed by atoms with Gasteiger partial charge in [0.15, 0.2) is 0 Å². The van der Waals surface area contributed by atoms with Crippen molar-refractivity contribution in [2.75, 3.05) is 5.73 Å².